The lowest BCUT2D eigenvalue weighted by Gasteiger charge is -2.06. The van der Waals surface area contributed by atoms with Gasteiger partial charge in [0.05, 0.1) is 0 Å². The molecule has 0 bridgehead atoms. The van der Waals surface area contributed by atoms with E-state index in [1.807, 2.05) is 54.6 Å². The molecule has 0 unspecified atom stereocenters. The molecule has 0 aliphatic carbocycles. The Bertz CT molecular complexity index is 431. The number of para-hydroxylation sites is 1. The average molecular weight is 217 g/mol. The van der Waals surface area contributed by atoms with Crippen LogP contribution in [0.25, 0.3) is 0 Å². The summed E-state index contributed by atoms with van der Waals surface area (Å²) in [5.74, 6) is 1.62. The first-order valence-electron chi connectivity index (χ1n) is 4.61. The molecule has 0 spiro atoms. The second-order valence-electron chi connectivity index (χ2n) is 3.05. The quantitative estimate of drug-likeness (QED) is 0.764. The van der Waals surface area contributed by atoms with Crippen LogP contribution in [0.5, 0.6) is 11.5 Å². The van der Waals surface area contributed by atoms with E-state index in [2.05, 4.69) is 17.5 Å². The van der Waals surface area contributed by atoms with Crippen molar-refractivity contribution in [1.82, 2.24) is 0 Å². The Morgan fingerprint density at radius 1 is 0.867 bits per heavy atom. The van der Waals surface area contributed by atoms with Crippen molar-refractivity contribution in [2.75, 3.05) is 4.72 Å². The van der Waals surface area contributed by atoms with Gasteiger partial charge < -0.3 is 9.46 Å². The minimum atomic E-state index is 0.792. The van der Waals surface area contributed by atoms with Gasteiger partial charge in [-0.1, -0.05) is 37.1 Å². The topological polar surface area (TPSA) is 21.3 Å². The number of anilines is 1. The van der Waals surface area contributed by atoms with E-state index in [9.17, 15) is 0 Å². The SMILES string of the molecule is SNc1cccc(Oc2ccccc2)c1. The van der Waals surface area contributed by atoms with E-state index in [1.54, 1.807) is 0 Å². The highest BCUT2D eigenvalue weighted by Crippen LogP contribution is 2.23. The van der Waals surface area contributed by atoms with Crippen LogP contribution in [-0.2, 0) is 0 Å². The molecule has 0 saturated heterocycles. The number of nitrogens with one attached hydrogen (secondary N) is 1. The van der Waals surface area contributed by atoms with Gasteiger partial charge in [-0.05, 0) is 24.3 Å². The molecule has 2 rings (SSSR count). The maximum absolute atomic E-state index is 5.65. The molecular weight excluding hydrogens is 206 g/mol. The zero-order chi connectivity index (χ0) is 10.5. The largest absolute Gasteiger partial charge is 0.457 e. The number of hydrogen-bond donors (Lipinski definition) is 2. The summed E-state index contributed by atoms with van der Waals surface area (Å²) in [5, 5.41) is 0. The van der Waals surface area contributed by atoms with Crippen molar-refractivity contribution in [3.8, 4) is 11.5 Å². The molecule has 0 radical (unpaired) electrons. The van der Waals surface area contributed by atoms with E-state index in [1.165, 1.54) is 0 Å². The highest BCUT2D eigenvalue weighted by molar-refractivity contribution is 7.81. The predicted molar refractivity (Wildman–Crippen MR) is 65.6 cm³/mol. The van der Waals surface area contributed by atoms with Crippen molar-refractivity contribution in [2.45, 2.75) is 0 Å². The Morgan fingerprint density at radius 2 is 1.60 bits per heavy atom. The lowest BCUT2D eigenvalue weighted by molar-refractivity contribution is 0.483. The summed E-state index contributed by atoms with van der Waals surface area (Å²) >= 11 is 3.98. The van der Waals surface area contributed by atoms with Crippen molar-refractivity contribution in [3.63, 3.8) is 0 Å². The van der Waals surface area contributed by atoms with Crippen LogP contribution in [-0.4, -0.2) is 0 Å². The average Bonchev–Trinajstić information content (AvgIpc) is 2.31. The van der Waals surface area contributed by atoms with Gasteiger partial charge in [0.1, 0.15) is 11.5 Å². The number of rotatable bonds is 3. The molecule has 2 aromatic carbocycles. The van der Waals surface area contributed by atoms with E-state index in [0.29, 0.717) is 0 Å². The van der Waals surface area contributed by atoms with Crippen LogP contribution in [0.4, 0.5) is 5.69 Å². The molecule has 0 fully saturated rings. The Morgan fingerprint density at radius 3 is 2.33 bits per heavy atom. The molecule has 0 amide bonds. The van der Waals surface area contributed by atoms with Gasteiger partial charge in [-0.3, -0.25) is 0 Å². The molecule has 76 valence electrons. The summed E-state index contributed by atoms with van der Waals surface area (Å²) in [7, 11) is 0. The maximum atomic E-state index is 5.65. The fraction of sp³-hybridized carbons (Fsp3) is 0. The molecule has 1 N–H and O–H groups in total. The molecule has 2 nitrogen and oxygen atoms in total. The van der Waals surface area contributed by atoms with E-state index >= 15 is 0 Å². The van der Waals surface area contributed by atoms with Crippen LogP contribution < -0.4 is 9.46 Å². The van der Waals surface area contributed by atoms with Crippen LogP contribution in [0.1, 0.15) is 0 Å². The zero-order valence-electron chi connectivity index (χ0n) is 8.05. The molecule has 0 aromatic heterocycles. The fourth-order valence-electron chi connectivity index (χ4n) is 1.25. The molecule has 2 aromatic rings. The zero-order valence-corrected chi connectivity index (χ0v) is 8.95. The molecule has 0 atom stereocenters. The molecule has 3 heteroatoms. The summed E-state index contributed by atoms with van der Waals surface area (Å²) in [6, 6.07) is 17.3. The van der Waals surface area contributed by atoms with Gasteiger partial charge in [0.2, 0.25) is 0 Å². The van der Waals surface area contributed by atoms with Crippen molar-refractivity contribution in [1.29, 1.82) is 0 Å². The van der Waals surface area contributed by atoms with Gasteiger partial charge in [-0.15, -0.1) is 0 Å². The number of ether oxygens (including phenoxy) is 1. The smallest absolute Gasteiger partial charge is 0.129 e. The monoisotopic (exact) mass is 217 g/mol. The normalized spacial score (nSPS) is 9.67. The van der Waals surface area contributed by atoms with E-state index in [-0.39, 0.29) is 0 Å². The number of thiol groups is 1. The van der Waals surface area contributed by atoms with E-state index in [0.717, 1.165) is 17.2 Å². The summed E-state index contributed by atoms with van der Waals surface area (Å²) in [6.07, 6.45) is 0. The minimum Gasteiger partial charge on any atom is -0.457 e. The van der Waals surface area contributed by atoms with E-state index in [4.69, 9.17) is 4.74 Å². The Kier molecular flexibility index (Phi) is 3.15. The molecule has 0 heterocycles. The van der Waals surface area contributed by atoms with Gasteiger partial charge >= 0.3 is 0 Å². The lowest BCUT2D eigenvalue weighted by Crippen LogP contribution is -1.85. The molecule has 0 aliphatic heterocycles. The number of hydrogen-bond acceptors (Lipinski definition) is 3. The molecule has 15 heavy (non-hydrogen) atoms. The van der Waals surface area contributed by atoms with Crippen molar-refractivity contribution in [3.05, 3.63) is 54.6 Å². The van der Waals surface area contributed by atoms with Gasteiger partial charge in [-0.25, -0.2) is 0 Å². The van der Waals surface area contributed by atoms with Gasteiger partial charge in [0.15, 0.2) is 0 Å². The Balaban J connectivity index is 2.17. The first-order chi connectivity index (χ1) is 7.38. The first kappa shape index (κ1) is 9.93. The maximum Gasteiger partial charge on any atom is 0.129 e. The molecule has 0 saturated carbocycles. The second kappa shape index (κ2) is 4.75. The predicted octanol–water partition coefficient (Wildman–Crippen LogP) is 3.74. The highest BCUT2D eigenvalue weighted by Gasteiger charge is 1.96. The number of benzene rings is 2. The molecular formula is C12H11NOS. The summed E-state index contributed by atoms with van der Waals surface area (Å²) in [5.41, 5.74) is 0.909. The van der Waals surface area contributed by atoms with E-state index < -0.39 is 0 Å². The highest BCUT2D eigenvalue weighted by atomic mass is 32.1. The van der Waals surface area contributed by atoms with Gasteiger partial charge in [-0.2, -0.15) is 0 Å². The summed E-state index contributed by atoms with van der Waals surface area (Å²) < 4.78 is 8.41. The van der Waals surface area contributed by atoms with Crippen LogP contribution in [0.15, 0.2) is 54.6 Å². The third-order valence-corrected chi connectivity index (χ3v) is 2.20. The molecule has 0 aliphatic rings. The van der Waals surface area contributed by atoms with Crippen molar-refractivity contribution in [2.24, 2.45) is 0 Å². The third kappa shape index (κ3) is 2.67. The van der Waals surface area contributed by atoms with Crippen molar-refractivity contribution >= 4 is 18.5 Å². The van der Waals surface area contributed by atoms with Crippen LogP contribution >= 0.6 is 12.8 Å². The van der Waals surface area contributed by atoms with Gasteiger partial charge in [0, 0.05) is 11.8 Å². The Labute approximate surface area is 94.4 Å². The lowest BCUT2D eigenvalue weighted by atomic mass is 10.3. The summed E-state index contributed by atoms with van der Waals surface area (Å²) in [6.45, 7) is 0. The standard InChI is InChI=1S/C12H11NOS/c15-13-10-5-4-8-12(9-10)14-11-6-2-1-3-7-11/h1-9,13,15H. The minimum absolute atomic E-state index is 0.792. The van der Waals surface area contributed by atoms with Crippen LogP contribution in [0.2, 0.25) is 0 Å². The fourth-order valence-corrected chi connectivity index (χ4v) is 1.39. The van der Waals surface area contributed by atoms with Crippen LogP contribution in [0.3, 0.4) is 0 Å². The van der Waals surface area contributed by atoms with Crippen LogP contribution in [0, 0.1) is 0 Å². The summed E-state index contributed by atoms with van der Waals surface area (Å²) in [4.78, 5) is 0. The first-order valence-corrected chi connectivity index (χ1v) is 5.06. The van der Waals surface area contributed by atoms with Gasteiger partial charge in [0.25, 0.3) is 0 Å². The Hall–Kier alpha value is -1.61. The third-order valence-electron chi connectivity index (χ3n) is 1.94. The van der Waals surface area contributed by atoms with Crippen molar-refractivity contribution < 1.29 is 4.74 Å². The second-order valence-corrected chi connectivity index (χ2v) is 3.28.